The number of hydrogen-bond acceptors (Lipinski definition) is 4. The van der Waals surface area contributed by atoms with Crippen molar-refractivity contribution >= 4 is 34.1 Å². The molecule has 0 N–H and O–H groups in total. The summed E-state index contributed by atoms with van der Waals surface area (Å²) in [6.07, 6.45) is 44.3. The Morgan fingerprint density at radius 1 is 0.488 bits per heavy atom. The van der Waals surface area contributed by atoms with Gasteiger partial charge in [-0.1, -0.05) is 118 Å². The van der Waals surface area contributed by atoms with Gasteiger partial charge in [0.25, 0.3) is 0 Å². The second-order valence-electron chi connectivity index (χ2n) is 33.3. The van der Waals surface area contributed by atoms with E-state index in [1.54, 1.807) is 0 Å². The van der Waals surface area contributed by atoms with Crippen LogP contribution in [0.1, 0.15) is 269 Å². The zero-order valence-corrected chi connectivity index (χ0v) is 67.5. The van der Waals surface area contributed by atoms with E-state index in [0.717, 1.165) is 138 Å². The van der Waals surface area contributed by atoms with E-state index >= 15 is 0 Å². The van der Waals surface area contributed by atoms with Crippen LogP contribution in [0.5, 0.6) is 0 Å². The summed E-state index contributed by atoms with van der Waals surface area (Å²) in [5.74, 6) is 16.4. The molecule has 0 aromatic carbocycles. The number of rotatable bonds is 19. The first-order chi connectivity index (χ1) is 39.0. The van der Waals surface area contributed by atoms with Crippen molar-refractivity contribution in [3.05, 3.63) is 42.4 Å². The van der Waals surface area contributed by atoms with E-state index in [1.165, 1.54) is 186 Å². The van der Waals surface area contributed by atoms with Gasteiger partial charge in [-0.2, -0.15) is 0 Å². The number of nitrogens with zero attached hydrogens (tertiary/aromatic N) is 2. The molecule has 4 nitrogen and oxygen atoms in total. The minimum atomic E-state index is -0.826. The van der Waals surface area contributed by atoms with E-state index in [4.69, 9.17) is 43.5 Å². The molecule has 10 rings (SSSR count). The summed E-state index contributed by atoms with van der Waals surface area (Å²) in [4.78, 5) is 5.96. The molecule has 8 aliphatic carbocycles. The first-order valence-electron chi connectivity index (χ1n) is 35.2. The Morgan fingerprint density at radius 3 is 1.41 bits per heavy atom. The quantitative estimate of drug-likeness (QED) is 0.0731. The Balaban J connectivity index is 0.000000397. The number of allylic oxidation sites excluding steroid dienone is 1. The van der Waals surface area contributed by atoms with Crippen LogP contribution in [0.15, 0.2) is 12.7 Å². The van der Waals surface area contributed by atoms with Crippen molar-refractivity contribution < 1.29 is 51.2 Å². The molecule has 2 saturated heterocycles. The van der Waals surface area contributed by atoms with Crippen LogP contribution in [0, 0.1) is 141 Å². The molecular formula is C76H140Cl4N2O2Zr2. The Labute approximate surface area is 575 Å². The molecule has 22 atom stereocenters. The van der Waals surface area contributed by atoms with E-state index < -0.39 is 41.7 Å². The normalized spacial score (nSPS) is 38.5. The van der Waals surface area contributed by atoms with Crippen LogP contribution in [0.25, 0.3) is 0 Å². The summed E-state index contributed by atoms with van der Waals surface area (Å²) < 4.78 is 11.9. The van der Waals surface area contributed by atoms with Crippen LogP contribution < -0.4 is 0 Å². The standard InChI is InChI=1S/C38H67NO.C34H61NO.4CH3.4ClH.2Zr/c1-8-9-23-38(6,29-21-20-28(26-29)16-12-10-11-15-24-40-37(3,4)5)35-30-17-13-14-18-31(30)36-34(35)32-25-27(2)19-22-33(32)39(36)7;1-22-16-17-29-27(19-22)30-31(25-14-9-10-15-26(25)32(30)35(29)8)34(6,7)28-21-24(20-23(28)2)13-11-12-18-36-33(3,4)5;;;;;;;;;;/h8,27-36H,1,9-26H2,2-7H3;22-32H,9-21H2,1-8H3;4*1H3;4*1H;;/q;;4*-1;;;;;2*+4/p-4. The zero-order valence-electron chi connectivity index (χ0n) is 59.6. The fourth-order valence-electron chi connectivity index (χ4n) is 23.0. The molecular weight excluding hydrogens is 1300 g/mol. The zero-order chi connectivity index (χ0) is 59.7. The Hall–Kier alpha value is 2.51. The number of unbranched alkanes of at least 4 members (excludes halogenated alkanes) is 4. The van der Waals surface area contributed by atoms with Crippen LogP contribution in [0.4, 0.5) is 0 Å². The maximum absolute atomic E-state index is 6.00. The van der Waals surface area contributed by atoms with E-state index in [-0.39, 0.29) is 40.9 Å². The Bertz CT molecular complexity index is 1880. The topological polar surface area (TPSA) is 24.9 Å². The summed E-state index contributed by atoms with van der Waals surface area (Å²) in [6.45, 7) is 35.3. The summed E-state index contributed by atoms with van der Waals surface area (Å²) in [6, 6.07) is 3.56. The van der Waals surface area contributed by atoms with Gasteiger partial charge < -0.3 is 39.2 Å². The van der Waals surface area contributed by atoms with Crippen LogP contribution in [-0.4, -0.2) is 72.5 Å². The SMILES string of the molecule is C=CCCC(C)(C1CCC(CCCCCCOC(C)(C)C)C1)C1C2CCCCC2C2C1C1CC(C)CCC1N2C.CC1CCC2C(C1)C1C(C3CCCCC3C1C(C)(C)C1CC(CCCCOC(C)(C)C)CC1C)N2C.[CH3-].[CH3-].[CH3-].[CH3-].[Cl][Zr+2][Cl].[Cl][Zr+2][Cl]. The van der Waals surface area contributed by atoms with Gasteiger partial charge in [-0.3, -0.25) is 9.80 Å². The van der Waals surface area contributed by atoms with Gasteiger partial charge >= 0.3 is 75.7 Å². The molecule has 0 bridgehead atoms. The molecule has 10 fully saturated rings. The Morgan fingerprint density at radius 2 is 0.919 bits per heavy atom. The van der Waals surface area contributed by atoms with Crippen LogP contribution in [-0.2, 0) is 51.2 Å². The van der Waals surface area contributed by atoms with Crippen molar-refractivity contribution in [1.82, 2.24) is 9.80 Å². The number of likely N-dealkylation sites (tertiary alicyclic amines) is 2. The van der Waals surface area contributed by atoms with Gasteiger partial charge in [0.2, 0.25) is 0 Å². The van der Waals surface area contributed by atoms with Crippen molar-refractivity contribution in [2.75, 3.05) is 27.3 Å². The van der Waals surface area contributed by atoms with Crippen LogP contribution >= 0.6 is 34.1 Å². The van der Waals surface area contributed by atoms with Gasteiger partial charge in [0, 0.05) is 37.4 Å². The Kier molecular flexibility index (Phi) is 36.4. The van der Waals surface area contributed by atoms with Gasteiger partial charge in [-0.15, -0.1) is 6.58 Å². The fraction of sp³-hybridized carbons (Fsp3) is 0.921. The molecule has 0 aromatic heterocycles. The van der Waals surface area contributed by atoms with Crippen molar-refractivity contribution in [3.63, 3.8) is 0 Å². The summed E-state index contributed by atoms with van der Waals surface area (Å²) in [5, 5.41) is 0. The van der Waals surface area contributed by atoms with Crippen molar-refractivity contribution in [2.45, 2.75) is 305 Å². The average Bonchev–Trinajstić information content (AvgIpc) is 1.64. The predicted molar refractivity (Wildman–Crippen MR) is 373 cm³/mol. The molecule has 2 aliphatic heterocycles. The van der Waals surface area contributed by atoms with Crippen molar-refractivity contribution in [1.29, 1.82) is 0 Å². The number of fused-ring (bicyclic) bond motifs is 10. The monoisotopic (exact) mass is 1430 g/mol. The van der Waals surface area contributed by atoms with Gasteiger partial charge in [0.05, 0.1) is 11.2 Å². The molecule has 0 radical (unpaired) electrons. The predicted octanol–water partition coefficient (Wildman–Crippen LogP) is 23.7. The fourth-order valence-corrected chi connectivity index (χ4v) is 23.0. The molecule has 86 heavy (non-hydrogen) atoms. The summed E-state index contributed by atoms with van der Waals surface area (Å²) >= 11 is -1.65. The van der Waals surface area contributed by atoms with Crippen molar-refractivity contribution in [3.8, 4) is 0 Å². The van der Waals surface area contributed by atoms with Gasteiger partial charge in [0.1, 0.15) is 0 Å². The third kappa shape index (κ3) is 20.3. The summed E-state index contributed by atoms with van der Waals surface area (Å²) in [7, 11) is 24.9. The molecule has 502 valence electrons. The second kappa shape index (κ2) is 37.9. The third-order valence-electron chi connectivity index (χ3n) is 25.9. The second-order valence-corrected chi connectivity index (χ2v) is 40.7. The molecule has 8 saturated carbocycles. The molecule has 2 heterocycles. The summed E-state index contributed by atoms with van der Waals surface area (Å²) in [5.41, 5.74) is 1.01. The van der Waals surface area contributed by atoms with E-state index in [1.807, 2.05) is 0 Å². The molecule has 22 unspecified atom stereocenters. The molecule has 10 heteroatoms. The van der Waals surface area contributed by atoms with Crippen molar-refractivity contribution in [2.24, 2.45) is 111 Å². The first kappa shape index (κ1) is 82.7. The van der Waals surface area contributed by atoms with Gasteiger partial charge in [-0.25, -0.2) is 0 Å². The van der Waals surface area contributed by atoms with E-state index in [0.29, 0.717) is 10.8 Å². The molecule has 0 amide bonds. The number of hydrogen-bond donors (Lipinski definition) is 0. The number of halogens is 4. The first-order valence-corrected chi connectivity index (χ1v) is 47.9. The number of ether oxygens (including phenoxy) is 2. The maximum atomic E-state index is 6.00. The van der Waals surface area contributed by atoms with Gasteiger partial charge in [-0.05, 0) is 283 Å². The van der Waals surface area contributed by atoms with Gasteiger partial charge in [0.15, 0.2) is 0 Å². The van der Waals surface area contributed by atoms with Crippen LogP contribution in [0.2, 0.25) is 0 Å². The van der Waals surface area contributed by atoms with E-state index in [9.17, 15) is 0 Å². The third-order valence-corrected chi connectivity index (χ3v) is 25.9. The van der Waals surface area contributed by atoms with Crippen LogP contribution in [0.3, 0.4) is 0 Å². The average molecular weight is 1440 g/mol. The molecule has 0 spiro atoms. The minimum absolute atomic E-state index is 0. The van der Waals surface area contributed by atoms with E-state index in [2.05, 4.69) is 120 Å². The molecule has 0 aromatic rings. The molecule has 10 aliphatic rings.